The van der Waals surface area contributed by atoms with Crippen LogP contribution in [0, 0.1) is 5.92 Å². The Morgan fingerprint density at radius 1 is 1.62 bits per heavy atom. The van der Waals surface area contributed by atoms with Gasteiger partial charge in [0, 0.05) is 31.8 Å². The lowest BCUT2D eigenvalue weighted by atomic mass is 9.96. The Bertz CT molecular complexity index is 475. The molecular weight excluding hydrogens is 274 g/mol. The average molecular weight is 297 g/mol. The topological polar surface area (TPSA) is 85.6 Å². The van der Waals surface area contributed by atoms with E-state index in [0.29, 0.717) is 25.5 Å². The Morgan fingerprint density at radius 2 is 2.38 bits per heavy atom. The summed E-state index contributed by atoms with van der Waals surface area (Å²) in [5.41, 5.74) is 0.373. The van der Waals surface area contributed by atoms with Gasteiger partial charge in [-0.1, -0.05) is 0 Å². The zero-order valence-electron chi connectivity index (χ0n) is 12.7. The Balaban J connectivity index is 1.88. The standard InChI is InChI=1S/C14H23N3O4/c1-9(2)17-5-4-11(16-17)14(19)15-6-10-7-21-8-12(20-3)13(10)18/h4-5,9-10,12-13,18H,6-8H2,1-3H3,(H,15,19)/t10-,12-,13+/m1/s1. The van der Waals surface area contributed by atoms with Crippen LogP contribution in [0.25, 0.3) is 0 Å². The van der Waals surface area contributed by atoms with E-state index in [0.717, 1.165) is 0 Å². The highest BCUT2D eigenvalue weighted by Gasteiger charge is 2.32. The SMILES string of the molecule is CO[C@@H]1COC[C@@H](CNC(=O)c2ccn(C(C)C)n2)[C@@H]1O. The van der Waals surface area contributed by atoms with Crippen molar-refractivity contribution in [3.05, 3.63) is 18.0 Å². The normalized spacial score (nSPS) is 26.0. The van der Waals surface area contributed by atoms with Crippen LogP contribution < -0.4 is 5.32 Å². The number of aromatic nitrogens is 2. The molecule has 2 rings (SSSR count). The van der Waals surface area contributed by atoms with Gasteiger partial charge in [-0.05, 0) is 19.9 Å². The number of nitrogens with zero attached hydrogens (tertiary/aromatic N) is 2. The van der Waals surface area contributed by atoms with E-state index in [1.165, 1.54) is 7.11 Å². The third kappa shape index (κ3) is 3.81. The van der Waals surface area contributed by atoms with E-state index >= 15 is 0 Å². The molecule has 1 amide bonds. The summed E-state index contributed by atoms with van der Waals surface area (Å²) < 4.78 is 12.3. The molecule has 21 heavy (non-hydrogen) atoms. The van der Waals surface area contributed by atoms with Gasteiger partial charge >= 0.3 is 0 Å². The van der Waals surface area contributed by atoms with Crippen molar-refractivity contribution >= 4 is 5.91 Å². The minimum Gasteiger partial charge on any atom is -0.390 e. The van der Waals surface area contributed by atoms with Crippen molar-refractivity contribution in [3.63, 3.8) is 0 Å². The van der Waals surface area contributed by atoms with Gasteiger partial charge in [0.15, 0.2) is 0 Å². The maximum absolute atomic E-state index is 12.0. The summed E-state index contributed by atoms with van der Waals surface area (Å²) in [7, 11) is 1.54. The molecule has 118 valence electrons. The van der Waals surface area contributed by atoms with E-state index in [2.05, 4.69) is 10.4 Å². The molecule has 1 fully saturated rings. The molecule has 0 aliphatic carbocycles. The van der Waals surface area contributed by atoms with E-state index in [1.807, 2.05) is 13.8 Å². The second-order valence-electron chi connectivity index (χ2n) is 5.55. The predicted octanol–water partition coefficient (Wildman–Crippen LogP) is 0.216. The van der Waals surface area contributed by atoms with Crippen molar-refractivity contribution in [1.29, 1.82) is 0 Å². The molecule has 0 spiro atoms. The molecule has 1 aliphatic heterocycles. The van der Waals surface area contributed by atoms with Gasteiger partial charge in [0.1, 0.15) is 11.8 Å². The highest BCUT2D eigenvalue weighted by Crippen LogP contribution is 2.17. The van der Waals surface area contributed by atoms with Crippen LogP contribution in [-0.2, 0) is 9.47 Å². The van der Waals surface area contributed by atoms with Gasteiger partial charge in [-0.25, -0.2) is 0 Å². The molecule has 2 N–H and O–H groups in total. The van der Waals surface area contributed by atoms with Gasteiger partial charge in [0.05, 0.1) is 19.3 Å². The third-order valence-electron chi connectivity index (χ3n) is 3.68. The first kappa shape index (κ1) is 15.9. The average Bonchev–Trinajstić information content (AvgIpc) is 2.96. The fourth-order valence-corrected chi connectivity index (χ4v) is 2.28. The highest BCUT2D eigenvalue weighted by molar-refractivity contribution is 5.92. The first-order chi connectivity index (χ1) is 10.0. The molecule has 0 unspecified atom stereocenters. The van der Waals surface area contributed by atoms with E-state index in [-0.39, 0.29) is 24.0 Å². The molecule has 1 saturated heterocycles. The van der Waals surface area contributed by atoms with Gasteiger partial charge in [0.2, 0.25) is 0 Å². The van der Waals surface area contributed by atoms with Crippen molar-refractivity contribution in [2.75, 3.05) is 26.9 Å². The molecule has 0 bridgehead atoms. The fourth-order valence-electron chi connectivity index (χ4n) is 2.28. The Kier molecular flexibility index (Phi) is 5.33. The van der Waals surface area contributed by atoms with E-state index in [9.17, 15) is 9.90 Å². The van der Waals surface area contributed by atoms with Crippen molar-refractivity contribution < 1.29 is 19.4 Å². The van der Waals surface area contributed by atoms with E-state index < -0.39 is 6.10 Å². The molecule has 1 aromatic heterocycles. The molecule has 1 aliphatic rings. The first-order valence-corrected chi connectivity index (χ1v) is 7.15. The number of nitrogens with one attached hydrogen (secondary N) is 1. The van der Waals surface area contributed by atoms with Crippen molar-refractivity contribution in [2.24, 2.45) is 5.92 Å². The van der Waals surface area contributed by atoms with Gasteiger partial charge in [-0.15, -0.1) is 0 Å². The number of aliphatic hydroxyl groups excluding tert-OH is 1. The van der Waals surface area contributed by atoms with Crippen LogP contribution in [0.15, 0.2) is 12.3 Å². The van der Waals surface area contributed by atoms with Crippen LogP contribution >= 0.6 is 0 Å². The lowest BCUT2D eigenvalue weighted by molar-refractivity contribution is -0.132. The number of ether oxygens (including phenoxy) is 2. The zero-order chi connectivity index (χ0) is 15.4. The summed E-state index contributed by atoms with van der Waals surface area (Å²) in [4.78, 5) is 12.0. The quantitative estimate of drug-likeness (QED) is 0.812. The van der Waals surface area contributed by atoms with E-state index in [4.69, 9.17) is 9.47 Å². The van der Waals surface area contributed by atoms with Gasteiger partial charge < -0.3 is 19.9 Å². The molecule has 3 atom stereocenters. The summed E-state index contributed by atoms with van der Waals surface area (Å²) >= 11 is 0. The van der Waals surface area contributed by atoms with Crippen LogP contribution in [0.5, 0.6) is 0 Å². The monoisotopic (exact) mass is 297 g/mol. The van der Waals surface area contributed by atoms with E-state index in [1.54, 1.807) is 16.9 Å². The molecule has 2 heterocycles. The largest absolute Gasteiger partial charge is 0.390 e. The number of methoxy groups -OCH3 is 1. The molecular formula is C14H23N3O4. The number of hydrogen-bond donors (Lipinski definition) is 2. The molecule has 7 heteroatoms. The molecule has 0 aromatic carbocycles. The van der Waals surface area contributed by atoms with Crippen LogP contribution in [-0.4, -0.2) is 59.9 Å². The van der Waals surface area contributed by atoms with Crippen LogP contribution in [0.2, 0.25) is 0 Å². The van der Waals surface area contributed by atoms with Crippen molar-refractivity contribution in [3.8, 4) is 0 Å². The highest BCUT2D eigenvalue weighted by atomic mass is 16.5. The number of hydrogen-bond acceptors (Lipinski definition) is 5. The van der Waals surface area contributed by atoms with Crippen molar-refractivity contribution in [2.45, 2.75) is 32.1 Å². The number of carbonyl (C=O) groups excluding carboxylic acids is 1. The number of carbonyl (C=O) groups is 1. The Morgan fingerprint density at radius 3 is 3.00 bits per heavy atom. The molecule has 7 nitrogen and oxygen atoms in total. The minimum absolute atomic E-state index is 0.181. The number of aliphatic hydroxyl groups is 1. The second kappa shape index (κ2) is 7.02. The third-order valence-corrected chi connectivity index (χ3v) is 3.68. The maximum Gasteiger partial charge on any atom is 0.271 e. The summed E-state index contributed by atoms with van der Waals surface area (Å²) in [6, 6.07) is 1.89. The summed E-state index contributed by atoms with van der Waals surface area (Å²) in [5.74, 6) is -0.430. The Labute approximate surface area is 124 Å². The predicted molar refractivity (Wildman–Crippen MR) is 76.1 cm³/mol. The van der Waals surface area contributed by atoms with Crippen LogP contribution in [0.4, 0.5) is 0 Å². The number of rotatable bonds is 5. The summed E-state index contributed by atoms with van der Waals surface area (Å²) in [6.45, 7) is 5.10. The van der Waals surface area contributed by atoms with Crippen LogP contribution in [0.3, 0.4) is 0 Å². The first-order valence-electron chi connectivity index (χ1n) is 7.15. The fraction of sp³-hybridized carbons (Fsp3) is 0.714. The second-order valence-corrected chi connectivity index (χ2v) is 5.55. The summed E-state index contributed by atoms with van der Waals surface area (Å²) in [5, 5.41) is 17.1. The lowest BCUT2D eigenvalue weighted by Gasteiger charge is -2.33. The van der Waals surface area contributed by atoms with Crippen molar-refractivity contribution in [1.82, 2.24) is 15.1 Å². The smallest absolute Gasteiger partial charge is 0.271 e. The Hall–Kier alpha value is -1.44. The van der Waals surface area contributed by atoms with Gasteiger partial charge in [-0.3, -0.25) is 9.48 Å². The van der Waals surface area contributed by atoms with Crippen LogP contribution in [0.1, 0.15) is 30.4 Å². The molecule has 0 saturated carbocycles. The van der Waals surface area contributed by atoms with Gasteiger partial charge in [-0.2, -0.15) is 5.10 Å². The summed E-state index contributed by atoms with van der Waals surface area (Å²) in [6.07, 6.45) is 0.789. The zero-order valence-corrected chi connectivity index (χ0v) is 12.7. The molecule has 0 radical (unpaired) electrons. The number of amides is 1. The molecule has 1 aromatic rings. The minimum atomic E-state index is -0.641. The maximum atomic E-state index is 12.0. The van der Waals surface area contributed by atoms with Gasteiger partial charge in [0.25, 0.3) is 5.91 Å². The lowest BCUT2D eigenvalue weighted by Crippen LogP contribution is -2.49.